The van der Waals surface area contributed by atoms with Gasteiger partial charge in [-0.05, 0) is 12.1 Å². The number of benzene rings is 2. The molecule has 1 aromatic heterocycles. The van der Waals surface area contributed by atoms with Crippen LogP contribution in [0, 0.1) is 0 Å². The predicted octanol–water partition coefficient (Wildman–Crippen LogP) is 2.64. The minimum atomic E-state index is -1.73. The molecular formula is C19H16N4O4. The number of hydrogen-bond acceptors (Lipinski definition) is 5. The fraction of sp³-hybridized carbons (Fsp3) is 0.158. The lowest BCUT2D eigenvalue weighted by atomic mass is 9.98. The maximum atomic E-state index is 12.3. The first-order valence-electron chi connectivity index (χ1n) is 8.37. The summed E-state index contributed by atoms with van der Waals surface area (Å²) in [7, 11) is 0. The van der Waals surface area contributed by atoms with Crippen molar-refractivity contribution >= 4 is 17.6 Å². The fourth-order valence-electron chi connectivity index (χ4n) is 3.23. The molecular weight excluding hydrogens is 348 g/mol. The van der Waals surface area contributed by atoms with Crippen LogP contribution in [0.15, 0.2) is 54.6 Å². The van der Waals surface area contributed by atoms with Crippen LogP contribution < -0.4 is 5.32 Å². The fourth-order valence-corrected chi connectivity index (χ4v) is 3.23. The number of carboxylic acids is 2. The minimum absolute atomic E-state index is 0.184. The Morgan fingerprint density at radius 1 is 1.04 bits per heavy atom. The van der Waals surface area contributed by atoms with Crippen molar-refractivity contribution in [2.24, 2.45) is 0 Å². The van der Waals surface area contributed by atoms with Crippen molar-refractivity contribution in [2.75, 3.05) is 5.32 Å². The molecule has 0 bridgehead atoms. The molecule has 136 valence electrons. The van der Waals surface area contributed by atoms with Crippen LogP contribution in [0.1, 0.15) is 12.8 Å². The zero-order valence-corrected chi connectivity index (χ0v) is 14.2. The van der Waals surface area contributed by atoms with Crippen LogP contribution in [-0.4, -0.2) is 36.9 Å². The zero-order valence-electron chi connectivity index (χ0n) is 14.2. The second-order valence-corrected chi connectivity index (χ2v) is 6.27. The van der Waals surface area contributed by atoms with E-state index in [-0.39, 0.29) is 12.8 Å². The molecule has 27 heavy (non-hydrogen) atoms. The van der Waals surface area contributed by atoms with Crippen molar-refractivity contribution in [3.63, 3.8) is 0 Å². The summed E-state index contributed by atoms with van der Waals surface area (Å²) in [5.41, 5.74) is 0.292. The minimum Gasteiger partial charge on any atom is -0.481 e. The number of carbonyl (C=O) groups is 2. The molecule has 4 rings (SSSR count). The third-order valence-corrected chi connectivity index (χ3v) is 4.56. The number of hydrogen-bond donors (Lipinski definition) is 3. The van der Waals surface area contributed by atoms with Gasteiger partial charge in [-0.2, -0.15) is 0 Å². The van der Waals surface area contributed by atoms with Crippen LogP contribution in [0.25, 0.3) is 22.8 Å². The molecule has 0 saturated heterocycles. The Morgan fingerprint density at radius 3 is 2.44 bits per heavy atom. The Bertz CT molecular complexity index is 1030. The van der Waals surface area contributed by atoms with Gasteiger partial charge in [0.25, 0.3) is 0 Å². The summed E-state index contributed by atoms with van der Waals surface area (Å²) in [5.74, 6) is -1.54. The van der Waals surface area contributed by atoms with Gasteiger partial charge in [0.1, 0.15) is 0 Å². The largest absolute Gasteiger partial charge is 0.481 e. The van der Waals surface area contributed by atoms with Crippen LogP contribution in [0.3, 0.4) is 0 Å². The monoisotopic (exact) mass is 364 g/mol. The maximum absolute atomic E-state index is 12.3. The van der Waals surface area contributed by atoms with E-state index in [1.807, 2.05) is 42.5 Å². The van der Waals surface area contributed by atoms with Gasteiger partial charge < -0.3 is 15.5 Å². The molecule has 2 heterocycles. The van der Waals surface area contributed by atoms with Gasteiger partial charge in [0.2, 0.25) is 5.66 Å². The van der Waals surface area contributed by atoms with E-state index in [4.69, 9.17) is 5.11 Å². The van der Waals surface area contributed by atoms with E-state index in [0.717, 1.165) is 5.56 Å². The molecule has 1 aliphatic heterocycles. The number of anilines is 1. The highest BCUT2D eigenvalue weighted by Crippen LogP contribution is 2.40. The molecule has 3 aromatic rings. The van der Waals surface area contributed by atoms with E-state index >= 15 is 0 Å². The van der Waals surface area contributed by atoms with Crippen molar-refractivity contribution in [3.05, 3.63) is 54.6 Å². The summed E-state index contributed by atoms with van der Waals surface area (Å²) in [6.07, 6.45) is -0.516. The second-order valence-electron chi connectivity index (χ2n) is 6.27. The van der Waals surface area contributed by atoms with Gasteiger partial charge in [0.15, 0.2) is 11.6 Å². The highest BCUT2D eigenvalue weighted by Gasteiger charge is 2.47. The lowest BCUT2D eigenvalue weighted by molar-refractivity contribution is -0.147. The van der Waals surface area contributed by atoms with Crippen molar-refractivity contribution in [2.45, 2.75) is 18.5 Å². The smallest absolute Gasteiger partial charge is 0.352 e. The third kappa shape index (κ3) is 2.71. The molecule has 8 heteroatoms. The summed E-state index contributed by atoms with van der Waals surface area (Å²) in [5, 5.41) is 26.5. The normalized spacial score (nSPS) is 17.5. The zero-order chi connectivity index (χ0) is 19.0. The molecule has 8 nitrogen and oxygen atoms in total. The van der Waals surface area contributed by atoms with Gasteiger partial charge in [-0.15, -0.1) is 5.10 Å². The second kappa shape index (κ2) is 6.24. The van der Waals surface area contributed by atoms with Gasteiger partial charge >= 0.3 is 11.9 Å². The van der Waals surface area contributed by atoms with Gasteiger partial charge in [0.05, 0.1) is 6.42 Å². The molecule has 2 aromatic carbocycles. The standard InChI is InChI=1S/C19H16N4O4/c24-15(25)10-11-19(18(26)27)21-14-9-5-4-8-13(14)17-20-16(22-23(17)19)12-6-2-1-3-7-12/h1-9,21H,10-11H2,(H,24,25)(H,26,27). The Morgan fingerprint density at radius 2 is 1.74 bits per heavy atom. The predicted molar refractivity (Wildman–Crippen MR) is 97.0 cm³/mol. The molecule has 0 saturated carbocycles. The Labute approximate surface area is 154 Å². The maximum Gasteiger partial charge on any atom is 0.352 e. The van der Waals surface area contributed by atoms with E-state index in [1.165, 1.54) is 4.68 Å². The average Bonchev–Trinajstić information content (AvgIpc) is 3.13. The summed E-state index contributed by atoms with van der Waals surface area (Å²) >= 11 is 0. The van der Waals surface area contributed by atoms with E-state index in [0.29, 0.717) is 22.9 Å². The van der Waals surface area contributed by atoms with Crippen molar-refractivity contribution in [1.82, 2.24) is 14.8 Å². The summed E-state index contributed by atoms with van der Waals surface area (Å²) in [6.45, 7) is 0. The van der Waals surface area contributed by atoms with Crippen LogP contribution in [0.5, 0.6) is 0 Å². The van der Waals surface area contributed by atoms with E-state index in [2.05, 4.69) is 15.4 Å². The molecule has 0 spiro atoms. The number of para-hydroxylation sites is 1. The van der Waals surface area contributed by atoms with Crippen molar-refractivity contribution < 1.29 is 19.8 Å². The van der Waals surface area contributed by atoms with Gasteiger partial charge in [0, 0.05) is 23.2 Å². The molecule has 0 amide bonds. The molecule has 0 aliphatic carbocycles. The summed E-state index contributed by atoms with van der Waals surface area (Å²) in [4.78, 5) is 28.0. The summed E-state index contributed by atoms with van der Waals surface area (Å²) < 4.78 is 1.29. The molecule has 0 radical (unpaired) electrons. The number of carboxylic acid groups (broad SMARTS) is 2. The van der Waals surface area contributed by atoms with Crippen molar-refractivity contribution in [1.29, 1.82) is 0 Å². The van der Waals surface area contributed by atoms with Gasteiger partial charge in [-0.1, -0.05) is 42.5 Å². The van der Waals surface area contributed by atoms with Crippen LogP contribution in [0.2, 0.25) is 0 Å². The average molecular weight is 364 g/mol. The summed E-state index contributed by atoms with van der Waals surface area (Å²) in [6, 6.07) is 16.4. The van der Waals surface area contributed by atoms with E-state index in [9.17, 15) is 14.7 Å². The number of rotatable bonds is 5. The van der Waals surface area contributed by atoms with Crippen LogP contribution in [0.4, 0.5) is 5.69 Å². The Kier molecular flexibility index (Phi) is 3.88. The lowest BCUT2D eigenvalue weighted by Gasteiger charge is -2.36. The molecule has 1 atom stereocenters. The van der Waals surface area contributed by atoms with Crippen molar-refractivity contribution in [3.8, 4) is 22.8 Å². The molecule has 1 aliphatic rings. The SMILES string of the molecule is O=C(O)CCC1(C(=O)O)Nc2ccccc2-c2nc(-c3ccccc3)nn21. The van der Waals surface area contributed by atoms with Crippen LogP contribution in [-0.2, 0) is 15.3 Å². The number of aliphatic carboxylic acids is 2. The highest BCUT2D eigenvalue weighted by atomic mass is 16.4. The van der Waals surface area contributed by atoms with E-state index < -0.39 is 17.6 Å². The number of fused-ring (bicyclic) bond motifs is 3. The first kappa shape index (κ1) is 16.8. The Hall–Kier alpha value is -3.68. The van der Waals surface area contributed by atoms with Crippen LogP contribution >= 0.6 is 0 Å². The number of aromatic nitrogens is 3. The molecule has 1 unspecified atom stereocenters. The third-order valence-electron chi connectivity index (χ3n) is 4.56. The first-order chi connectivity index (χ1) is 13.0. The quantitative estimate of drug-likeness (QED) is 0.637. The van der Waals surface area contributed by atoms with Gasteiger partial charge in [-0.3, -0.25) is 4.79 Å². The number of nitrogens with zero attached hydrogens (tertiary/aromatic N) is 3. The topological polar surface area (TPSA) is 117 Å². The van der Waals surface area contributed by atoms with Gasteiger partial charge in [-0.25, -0.2) is 14.5 Å². The Balaban J connectivity index is 1.93. The molecule has 3 N–H and O–H groups in total. The lowest BCUT2D eigenvalue weighted by Crippen LogP contribution is -2.52. The van der Waals surface area contributed by atoms with E-state index in [1.54, 1.807) is 12.1 Å². The molecule has 0 fully saturated rings. The highest BCUT2D eigenvalue weighted by molar-refractivity contribution is 5.88. The number of nitrogens with one attached hydrogen (secondary N) is 1. The first-order valence-corrected chi connectivity index (χ1v) is 8.37.